The second-order valence-corrected chi connectivity index (χ2v) is 5.72. The van der Waals surface area contributed by atoms with E-state index in [2.05, 4.69) is 27.4 Å². The van der Waals surface area contributed by atoms with Crippen molar-refractivity contribution in [1.29, 1.82) is 0 Å². The molecule has 5 heteroatoms. The summed E-state index contributed by atoms with van der Waals surface area (Å²) in [5.41, 5.74) is 1.53. The van der Waals surface area contributed by atoms with E-state index in [1.54, 1.807) is 6.07 Å². The molecule has 1 aromatic rings. The van der Waals surface area contributed by atoms with Gasteiger partial charge in [0.05, 0.1) is 0 Å². The Balaban J connectivity index is 1.92. The van der Waals surface area contributed by atoms with Gasteiger partial charge < -0.3 is 15.5 Å². The number of carbonyl (C=O) groups excluding carboxylic acids is 1. The first-order valence-corrected chi connectivity index (χ1v) is 7.82. The number of nitrogens with zero attached hydrogens (tertiary/aromatic N) is 2. The molecule has 2 rings (SSSR count). The van der Waals surface area contributed by atoms with Crippen LogP contribution in [0.1, 0.15) is 42.2 Å². The van der Waals surface area contributed by atoms with Gasteiger partial charge in [-0.05, 0) is 44.9 Å². The molecule has 1 amide bonds. The van der Waals surface area contributed by atoms with Gasteiger partial charge >= 0.3 is 0 Å². The van der Waals surface area contributed by atoms with Gasteiger partial charge in [0.2, 0.25) is 0 Å². The molecule has 2 N–H and O–H groups in total. The summed E-state index contributed by atoms with van der Waals surface area (Å²) in [5, 5.41) is 6.14. The van der Waals surface area contributed by atoms with Crippen LogP contribution in [0.3, 0.4) is 0 Å². The summed E-state index contributed by atoms with van der Waals surface area (Å²) < 4.78 is 0. The van der Waals surface area contributed by atoms with Crippen LogP contribution in [0, 0.1) is 6.92 Å². The number of hydrogen-bond acceptors (Lipinski definition) is 4. The fraction of sp³-hybridized carbons (Fsp3) is 0.625. The Morgan fingerprint density at radius 2 is 2.10 bits per heavy atom. The Hall–Kier alpha value is -1.62. The smallest absolute Gasteiger partial charge is 0.251 e. The molecule has 1 aliphatic rings. The van der Waals surface area contributed by atoms with Crippen LogP contribution in [-0.4, -0.2) is 48.5 Å². The van der Waals surface area contributed by atoms with Crippen LogP contribution < -0.4 is 10.6 Å². The molecule has 1 aliphatic heterocycles. The first-order chi connectivity index (χ1) is 10.1. The van der Waals surface area contributed by atoms with Crippen LogP contribution in [0.2, 0.25) is 0 Å². The number of aryl methyl sites for hydroxylation is 1. The van der Waals surface area contributed by atoms with E-state index in [0.29, 0.717) is 5.56 Å². The van der Waals surface area contributed by atoms with Gasteiger partial charge in [-0.3, -0.25) is 4.79 Å². The van der Waals surface area contributed by atoms with Crippen LogP contribution >= 0.6 is 0 Å². The fourth-order valence-corrected chi connectivity index (χ4v) is 2.81. The highest BCUT2D eigenvalue weighted by Gasteiger charge is 2.20. The molecule has 0 atom stereocenters. The predicted molar refractivity (Wildman–Crippen MR) is 85.7 cm³/mol. The molecule has 0 unspecified atom stereocenters. The molecule has 1 saturated heterocycles. The van der Waals surface area contributed by atoms with Gasteiger partial charge in [-0.1, -0.05) is 6.92 Å². The number of nitrogens with one attached hydrogen (secondary N) is 2. The molecule has 0 aliphatic carbocycles. The molecule has 21 heavy (non-hydrogen) atoms. The van der Waals surface area contributed by atoms with E-state index < -0.39 is 0 Å². The Bertz CT molecular complexity index is 481. The first-order valence-electron chi connectivity index (χ1n) is 7.82. The van der Waals surface area contributed by atoms with Gasteiger partial charge in [-0.15, -0.1) is 0 Å². The van der Waals surface area contributed by atoms with Crippen molar-refractivity contribution in [1.82, 2.24) is 15.2 Å². The molecule has 0 spiro atoms. The molecular weight excluding hydrogens is 264 g/mol. The molecule has 0 radical (unpaired) electrons. The van der Waals surface area contributed by atoms with E-state index in [9.17, 15) is 4.79 Å². The topological polar surface area (TPSA) is 57.3 Å². The monoisotopic (exact) mass is 290 g/mol. The minimum atomic E-state index is 0.00550. The molecule has 1 fully saturated rings. The van der Waals surface area contributed by atoms with Crippen molar-refractivity contribution in [3.05, 3.63) is 23.4 Å². The van der Waals surface area contributed by atoms with Gasteiger partial charge in [-0.25, -0.2) is 4.98 Å². The Kier molecular flexibility index (Phi) is 5.56. The zero-order chi connectivity index (χ0) is 15.2. The Morgan fingerprint density at radius 1 is 1.38 bits per heavy atom. The van der Waals surface area contributed by atoms with Gasteiger partial charge in [0, 0.05) is 37.4 Å². The Morgan fingerprint density at radius 3 is 2.71 bits per heavy atom. The summed E-state index contributed by atoms with van der Waals surface area (Å²) in [5.74, 6) is 0.740. The first kappa shape index (κ1) is 15.8. The summed E-state index contributed by atoms with van der Waals surface area (Å²) in [6.07, 6.45) is 3.27. The normalized spacial score (nSPS) is 16.7. The summed E-state index contributed by atoms with van der Waals surface area (Å²) in [6, 6.07) is 3.92. The van der Waals surface area contributed by atoms with Crippen molar-refractivity contribution in [3.8, 4) is 0 Å². The van der Waals surface area contributed by atoms with Crippen molar-refractivity contribution in [2.24, 2.45) is 0 Å². The number of carbonyl (C=O) groups is 1. The summed E-state index contributed by atoms with van der Waals surface area (Å²) in [7, 11) is 1.81. The maximum Gasteiger partial charge on any atom is 0.251 e. The van der Waals surface area contributed by atoms with E-state index in [-0.39, 0.29) is 11.9 Å². The molecule has 2 heterocycles. The maximum absolute atomic E-state index is 12.4. The van der Waals surface area contributed by atoms with E-state index >= 15 is 0 Å². The number of anilines is 1. The number of aromatic nitrogens is 1. The standard InChI is InChI=1S/C16H26N4O/c1-4-7-20-8-5-14(6-9-20)19-16(21)13-10-12(2)18-15(11-13)17-3/h10-11,14H,4-9H2,1-3H3,(H,17,18)(H,19,21). The second kappa shape index (κ2) is 7.41. The maximum atomic E-state index is 12.4. The number of piperidine rings is 1. The second-order valence-electron chi connectivity index (χ2n) is 5.72. The third-order valence-electron chi connectivity index (χ3n) is 3.93. The highest BCUT2D eigenvalue weighted by molar-refractivity contribution is 5.95. The highest BCUT2D eigenvalue weighted by atomic mass is 16.1. The quantitative estimate of drug-likeness (QED) is 0.871. The number of likely N-dealkylation sites (tertiary alicyclic amines) is 1. The molecule has 116 valence electrons. The van der Waals surface area contributed by atoms with Crippen molar-refractivity contribution < 1.29 is 4.79 Å². The zero-order valence-electron chi connectivity index (χ0n) is 13.3. The zero-order valence-corrected chi connectivity index (χ0v) is 13.3. The Labute approximate surface area is 127 Å². The molecule has 5 nitrogen and oxygen atoms in total. The SMILES string of the molecule is CCCN1CCC(NC(=O)c2cc(C)nc(NC)c2)CC1. The van der Waals surface area contributed by atoms with Crippen LogP contribution in [0.5, 0.6) is 0 Å². The average molecular weight is 290 g/mol. The minimum Gasteiger partial charge on any atom is -0.373 e. The average Bonchev–Trinajstić information content (AvgIpc) is 2.48. The van der Waals surface area contributed by atoms with Crippen LogP contribution in [0.15, 0.2) is 12.1 Å². The number of amides is 1. The molecular formula is C16H26N4O. The van der Waals surface area contributed by atoms with Crippen molar-refractivity contribution in [2.45, 2.75) is 39.2 Å². The molecule has 0 bridgehead atoms. The van der Waals surface area contributed by atoms with Crippen LogP contribution in [0.4, 0.5) is 5.82 Å². The third-order valence-corrected chi connectivity index (χ3v) is 3.93. The van der Waals surface area contributed by atoms with Crippen LogP contribution in [-0.2, 0) is 0 Å². The lowest BCUT2D eigenvalue weighted by Crippen LogP contribution is -2.44. The van der Waals surface area contributed by atoms with E-state index in [0.717, 1.165) is 44.0 Å². The lowest BCUT2D eigenvalue weighted by molar-refractivity contribution is 0.0911. The molecule has 1 aromatic heterocycles. The predicted octanol–water partition coefficient (Wildman–Crippen LogP) is 2.04. The van der Waals surface area contributed by atoms with Gasteiger partial charge in [0.25, 0.3) is 5.91 Å². The van der Waals surface area contributed by atoms with Crippen LogP contribution in [0.25, 0.3) is 0 Å². The fourth-order valence-electron chi connectivity index (χ4n) is 2.81. The largest absolute Gasteiger partial charge is 0.373 e. The van der Waals surface area contributed by atoms with E-state index in [4.69, 9.17) is 0 Å². The summed E-state index contributed by atoms with van der Waals surface area (Å²) in [4.78, 5) is 19.1. The number of rotatable bonds is 5. The molecule has 0 saturated carbocycles. The number of hydrogen-bond donors (Lipinski definition) is 2. The van der Waals surface area contributed by atoms with E-state index in [1.807, 2.05) is 20.0 Å². The number of pyridine rings is 1. The van der Waals surface area contributed by atoms with Gasteiger partial charge in [0.15, 0.2) is 0 Å². The van der Waals surface area contributed by atoms with E-state index in [1.165, 1.54) is 6.42 Å². The van der Waals surface area contributed by atoms with Crippen molar-refractivity contribution >= 4 is 11.7 Å². The molecule has 0 aromatic carbocycles. The van der Waals surface area contributed by atoms with Crippen molar-refractivity contribution in [3.63, 3.8) is 0 Å². The van der Waals surface area contributed by atoms with Gasteiger partial charge in [0.1, 0.15) is 5.82 Å². The highest BCUT2D eigenvalue weighted by Crippen LogP contribution is 2.13. The lowest BCUT2D eigenvalue weighted by Gasteiger charge is -2.32. The van der Waals surface area contributed by atoms with Crippen molar-refractivity contribution in [2.75, 3.05) is 32.0 Å². The minimum absolute atomic E-state index is 0.00550. The lowest BCUT2D eigenvalue weighted by atomic mass is 10.0. The third kappa shape index (κ3) is 4.43. The summed E-state index contributed by atoms with van der Waals surface area (Å²) in [6.45, 7) is 7.43. The van der Waals surface area contributed by atoms with Gasteiger partial charge in [-0.2, -0.15) is 0 Å². The summed E-state index contributed by atoms with van der Waals surface area (Å²) >= 11 is 0.